The number of ketones is 1. The van der Waals surface area contributed by atoms with E-state index >= 15 is 0 Å². The first kappa shape index (κ1) is 22.9. The minimum atomic E-state index is -1.36. The average Bonchev–Trinajstić information content (AvgIpc) is 3.32. The van der Waals surface area contributed by atoms with E-state index in [0.717, 1.165) is 11.1 Å². The first-order chi connectivity index (χ1) is 15.3. The summed E-state index contributed by atoms with van der Waals surface area (Å²) in [4.78, 5) is 24.3. The number of nitrogen functional groups attached to an aromatic ring is 1. The van der Waals surface area contributed by atoms with Gasteiger partial charge in [-0.25, -0.2) is 10.4 Å². The van der Waals surface area contributed by atoms with Crippen molar-refractivity contribution in [1.82, 2.24) is 19.5 Å². The number of aliphatic hydroxyl groups excluding tert-OH is 2. The third-order valence-electron chi connectivity index (χ3n) is 4.82. The Morgan fingerprint density at radius 2 is 1.97 bits per heavy atom. The van der Waals surface area contributed by atoms with E-state index in [1.54, 1.807) is 6.21 Å². The molecule has 168 valence electrons. The summed E-state index contributed by atoms with van der Waals surface area (Å²) in [5.41, 5.74) is 11.3. The molecule has 0 radical (unpaired) electrons. The van der Waals surface area contributed by atoms with E-state index in [9.17, 15) is 15.0 Å². The summed E-state index contributed by atoms with van der Waals surface area (Å²) in [5, 5.41) is 30.1. The Morgan fingerprint density at radius 3 is 2.59 bits per heavy atom. The predicted molar refractivity (Wildman–Crippen MR) is 119 cm³/mol. The number of aliphatic hydroxyl groups is 2. The number of anilines is 2. The highest BCUT2D eigenvalue weighted by Crippen LogP contribution is 2.32. The highest BCUT2D eigenvalue weighted by molar-refractivity contribution is 5.84. The lowest BCUT2D eigenvalue weighted by Gasteiger charge is -2.16. The molecule has 12 heteroatoms. The highest BCUT2D eigenvalue weighted by Gasteiger charge is 2.46. The molecule has 3 aromatic rings. The van der Waals surface area contributed by atoms with Crippen LogP contribution in [0.1, 0.15) is 24.3 Å². The molecule has 0 spiro atoms. The van der Waals surface area contributed by atoms with E-state index in [2.05, 4.69) is 32.2 Å². The number of hydrogen-bond acceptors (Lipinski definition) is 11. The number of imidazole rings is 1. The van der Waals surface area contributed by atoms with Crippen molar-refractivity contribution in [3.8, 4) is 0 Å². The van der Waals surface area contributed by atoms with E-state index < -0.39 is 30.3 Å². The van der Waals surface area contributed by atoms with Gasteiger partial charge in [0.05, 0.1) is 12.5 Å². The van der Waals surface area contributed by atoms with Crippen molar-refractivity contribution in [1.29, 1.82) is 5.41 Å². The fraction of sp³-hybridized carbons (Fsp3) is 0.300. The van der Waals surface area contributed by atoms with E-state index in [1.807, 2.05) is 31.2 Å². The van der Waals surface area contributed by atoms with Crippen LogP contribution in [0.15, 0.2) is 35.7 Å². The zero-order valence-electron chi connectivity index (χ0n) is 17.5. The van der Waals surface area contributed by atoms with Gasteiger partial charge in [0.1, 0.15) is 23.8 Å². The molecule has 2 aromatic heterocycles. The predicted octanol–water partition coefficient (Wildman–Crippen LogP) is 0.637. The Morgan fingerprint density at radius 1 is 1.28 bits per heavy atom. The van der Waals surface area contributed by atoms with Crippen molar-refractivity contribution < 1.29 is 19.7 Å². The number of hydrogen-bond donors (Lipinski definition) is 5. The molecule has 1 aliphatic rings. The van der Waals surface area contributed by atoms with Gasteiger partial charge in [0.2, 0.25) is 5.95 Å². The fourth-order valence-electron chi connectivity index (χ4n) is 3.22. The van der Waals surface area contributed by atoms with Crippen LogP contribution in [0.25, 0.3) is 11.2 Å². The van der Waals surface area contributed by atoms with Gasteiger partial charge in [-0.15, -0.1) is 0 Å². The minimum absolute atomic E-state index is 0.0999. The van der Waals surface area contributed by atoms with Crippen LogP contribution in [0.4, 0.5) is 11.8 Å². The number of hydrazone groups is 1. The van der Waals surface area contributed by atoms with Gasteiger partial charge < -0.3 is 26.1 Å². The molecular weight excluding hydrogens is 416 g/mol. The van der Waals surface area contributed by atoms with Gasteiger partial charge in [0.25, 0.3) is 0 Å². The normalized spacial score (nSPS) is 22.6. The number of carbonyl (C=O) groups is 1. The second kappa shape index (κ2) is 9.60. The standard InChI is InChI=1S/C19H21N7O4.CH3N/c1-9-3-5-11(6-4-9)7-22-25-19-23-16(20)12-17(24-19)26(8-21-12)18-14(29)13(28)15(30-18)10(2)27;1-2/h3-8,13-15,18,28-29H,1-2H3,(H3,20,23,24,25);2H,1H2/b22-7-;/t13-,14+,15+,18+;/m0./s1. The van der Waals surface area contributed by atoms with Crippen molar-refractivity contribution in [3.63, 3.8) is 0 Å². The van der Waals surface area contributed by atoms with Crippen molar-refractivity contribution in [3.05, 3.63) is 41.7 Å². The molecule has 0 aliphatic carbocycles. The maximum atomic E-state index is 11.7. The summed E-state index contributed by atoms with van der Waals surface area (Å²) in [7, 11) is 0. The number of nitrogens with zero attached hydrogens (tertiary/aromatic N) is 5. The van der Waals surface area contributed by atoms with Crippen molar-refractivity contribution in [2.24, 2.45) is 5.10 Å². The monoisotopic (exact) mass is 440 g/mol. The van der Waals surface area contributed by atoms with Crippen molar-refractivity contribution in [2.45, 2.75) is 38.4 Å². The molecule has 0 saturated carbocycles. The molecule has 0 amide bonds. The zero-order valence-corrected chi connectivity index (χ0v) is 17.5. The zero-order chi connectivity index (χ0) is 23.4. The average molecular weight is 440 g/mol. The van der Waals surface area contributed by atoms with E-state index in [4.69, 9.17) is 15.9 Å². The maximum absolute atomic E-state index is 11.7. The number of nitrogens with two attached hydrogens (primary N) is 1. The summed E-state index contributed by atoms with van der Waals surface area (Å²) in [6.07, 6.45) is -1.93. The Kier molecular flexibility index (Phi) is 6.88. The summed E-state index contributed by atoms with van der Waals surface area (Å²) in [5.74, 6) is -0.181. The first-order valence-corrected chi connectivity index (χ1v) is 9.58. The minimum Gasteiger partial charge on any atom is -0.387 e. The Bertz CT molecular complexity index is 1130. The van der Waals surface area contributed by atoms with Gasteiger partial charge in [-0.2, -0.15) is 15.1 Å². The molecule has 1 aromatic carbocycles. The van der Waals surface area contributed by atoms with Crippen LogP contribution in [-0.4, -0.2) is 66.8 Å². The van der Waals surface area contributed by atoms with Gasteiger partial charge >= 0.3 is 0 Å². The number of carbonyl (C=O) groups excluding carboxylic acids is 1. The molecule has 0 bridgehead atoms. The van der Waals surface area contributed by atoms with Crippen LogP contribution in [-0.2, 0) is 9.53 Å². The molecule has 1 aliphatic heterocycles. The van der Waals surface area contributed by atoms with Crippen molar-refractivity contribution in [2.75, 3.05) is 11.2 Å². The van der Waals surface area contributed by atoms with Crippen LogP contribution in [0.3, 0.4) is 0 Å². The second-order valence-corrected chi connectivity index (χ2v) is 7.08. The Hall–Kier alpha value is -3.74. The molecule has 3 heterocycles. The van der Waals surface area contributed by atoms with Gasteiger partial charge in [-0.3, -0.25) is 9.36 Å². The molecule has 0 unspecified atom stereocenters. The van der Waals surface area contributed by atoms with Crippen LogP contribution in [0.2, 0.25) is 0 Å². The van der Waals surface area contributed by atoms with Crippen LogP contribution >= 0.6 is 0 Å². The summed E-state index contributed by atoms with van der Waals surface area (Å²) >= 11 is 0. The molecule has 4 atom stereocenters. The number of fused-ring (bicyclic) bond motifs is 1. The lowest BCUT2D eigenvalue weighted by Crippen LogP contribution is -2.34. The quantitative estimate of drug-likeness (QED) is 0.280. The SMILES string of the molecule is C=N.CC(=O)[C@H]1O[C@@H](n2cnc3c(N)nc(N/N=C\c4ccc(C)cc4)nc32)[C@H](O)[C@@H]1O. The number of Topliss-reactive ketones (excluding diaryl/α,β-unsaturated/α-hetero) is 1. The van der Waals surface area contributed by atoms with E-state index in [1.165, 1.54) is 17.8 Å². The number of benzene rings is 1. The lowest BCUT2D eigenvalue weighted by atomic mass is 10.1. The number of aryl methyl sites for hydroxylation is 1. The van der Waals surface area contributed by atoms with Crippen LogP contribution < -0.4 is 11.2 Å². The molecule has 4 rings (SSSR count). The molecule has 32 heavy (non-hydrogen) atoms. The van der Waals surface area contributed by atoms with Gasteiger partial charge in [0, 0.05) is 0 Å². The Balaban J connectivity index is 0.00000141. The van der Waals surface area contributed by atoms with Crippen LogP contribution in [0.5, 0.6) is 0 Å². The third kappa shape index (κ3) is 4.46. The van der Waals surface area contributed by atoms with Crippen LogP contribution in [0, 0.1) is 12.3 Å². The number of ether oxygens (including phenoxy) is 1. The summed E-state index contributed by atoms with van der Waals surface area (Å²) < 4.78 is 6.95. The topological polar surface area (TPSA) is 185 Å². The van der Waals surface area contributed by atoms with Gasteiger partial charge in [-0.1, -0.05) is 29.8 Å². The molecule has 1 fully saturated rings. The third-order valence-corrected chi connectivity index (χ3v) is 4.82. The molecule has 6 N–H and O–H groups in total. The lowest BCUT2D eigenvalue weighted by molar-refractivity contribution is -0.133. The number of aromatic nitrogens is 4. The smallest absolute Gasteiger partial charge is 0.247 e. The summed E-state index contributed by atoms with van der Waals surface area (Å²) in [6.45, 7) is 5.78. The molecule has 12 nitrogen and oxygen atoms in total. The highest BCUT2D eigenvalue weighted by atomic mass is 16.6. The number of nitrogens with one attached hydrogen (secondary N) is 2. The Labute approximate surface area is 183 Å². The molecule has 1 saturated heterocycles. The second-order valence-electron chi connectivity index (χ2n) is 7.08. The number of rotatable bonds is 5. The molecular formula is C20H24N8O4. The fourth-order valence-corrected chi connectivity index (χ4v) is 3.22. The largest absolute Gasteiger partial charge is 0.387 e. The summed E-state index contributed by atoms with van der Waals surface area (Å²) in [6, 6.07) is 7.78. The van der Waals surface area contributed by atoms with Gasteiger partial charge in [0.15, 0.2) is 23.5 Å². The van der Waals surface area contributed by atoms with Crippen molar-refractivity contribution >= 4 is 41.6 Å². The first-order valence-electron chi connectivity index (χ1n) is 9.58. The van der Waals surface area contributed by atoms with Gasteiger partial charge in [-0.05, 0) is 26.1 Å². The van der Waals surface area contributed by atoms with E-state index in [-0.39, 0.29) is 17.4 Å². The maximum Gasteiger partial charge on any atom is 0.247 e. The van der Waals surface area contributed by atoms with E-state index in [0.29, 0.717) is 5.52 Å².